The summed E-state index contributed by atoms with van der Waals surface area (Å²) in [5, 5.41) is 10.3. The van der Waals surface area contributed by atoms with E-state index in [0.717, 1.165) is 17.1 Å². The van der Waals surface area contributed by atoms with E-state index in [9.17, 15) is 31.5 Å². The molecule has 0 aliphatic carbocycles. The van der Waals surface area contributed by atoms with Gasteiger partial charge >= 0.3 is 5.69 Å². The zero-order valence-corrected chi connectivity index (χ0v) is 16.4. The number of rotatable bonds is 7. The topological polar surface area (TPSA) is 171 Å². The van der Waals surface area contributed by atoms with Crippen LogP contribution in [-0.4, -0.2) is 68.9 Å². The maximum absolute atomic E-state index is 12.0. The molecule has 1 saturated heterocycles. The van der Waals surface area contributed by atoms with Crippen molar-refractivity contribution in [1.29, 1.82) is 0 Å². The molecular weight excluding hydrogens is 408 g/mol. The predicted octanol–water partition coefficient (Wildman–Crippen LogP) is -2.18. The smallest absolute Gasteiger partial charge is 0.330 e. The van der Waals surface area contributed by atoms with Gasteiger partial charge in [-0.1, -0.05) is 0 Å². The molecule has 0 saturated carbocycles. The summed E-state index contributed by atoms with van der Waals surface area (Å²) in [6, 6.07) is 0. The number of aromatic nitrogens is 2. The highest BCUT2D eigenvalue weighted by atomic mass is 32.2. The SMILES string of the molecule is Cc1cn([C@@H]2OC(COS(C)(=O)=O)(COS(C)(=O)=O)C[C@H]2O)c(=O)[nH]c1=O. The van der Waals surface area contributed by atoms with E-state index >= 15 is 0 Å². The van der Waals surface area contributed by atoms with E-state index in [-0.39, 0.29) is 12.0 Å². The lowest BCUT2D eigenvalue weighted by Gasteiger charge is -2.27. The molecule has 2 N–H and O–H groups in total. The third-order valence-electron chi connectivity index (χ3n) is 3.77. The van der Waals surface area contributed by atoms with Gasteiger partial charge in [0.1, 0.15) is 11.7 Å². The van der Waals surface area contributed by atoms with E-state index < -0.39 is 62.6 Å². The molecule has 2 atom stereocenters. The van der Waals surface area contributed by atoms with Gasteiger partial charge in [0.05, 0.1) is 25.7 Å². The fourth-order valence-corrected chi connectivity index (χ4v) is 3.40. The summed E-state index contributed by atoms with van der Waals surface area (Å²) in [7, 11) is -7.81. The zero-order valence-electron chi connectivity index (χ0n) is 14.7. The maximum atomic E-state index is 12.0. The molecule has 0 radical (unpaired) electrons. The van der Waals surface area contributed by atoms with Gasteiger partial charge in [-0.15, -0.1) is 0 Å². The number of hydrogen-bond donors (Lipinski definition) is 2. The van der Waals surface area contributed by atoms with Crippen LogP contribution in [-0.2, 0) is 33.3 Å². The first-order valence-corrected chi connectivity index (χ1v) is 11.2. The number of H-pyrrole nitrogens is 1. The summed E-state index contributed by atoms with van der Waals surface area (Å²) in [4.78, 5) is 25.6. The average molecular weight is 428 g/mol. The van der Waals surface area contributed by atoms with Crippen LogP contribution in [0.15, 0.2) is 15.8 Å². The van der Waals surface area contributed by atoms with Crippen LogP contribution in [0.2, 0.25) is 0 Å². The van der Waals surface area contributed by atoms with Gasteiger partial charge in [-0.2, -0.15) is 16.8 Å². The van der Waals surface area contributed by atoms with Gasteiger partial charge < -0.3 is 9.84 Å². The lowest BCUT2D eigenvalue weighted by molar-refractivity contribution is -0.120. The second kappa shape index (κ2) is 7.44. The summed E-state index contributed by atoms with van der Waals surface area (Å²) in [6.45, 7) is 0.140. The van der Waals surface area contributed by atoms with Gasteiger partial charge in [0.2, 0.25) is 0 Å². The molecule has 14 heteroatoms. The lowest BCUT2D eigenvalue weighted by atomic mass is 10.0. The molecule has 0 amide bonds. The molecule has 1 aromatic rings. The van der Waals surface area contributed by atoms with Crippen LogP contribution < -0.4 is 11.2 Å². The number of hydrogen-bond acceptors (Lipinski definition) is 10. The van der Waals surface area contributed by atoms with E-state index in [0.29, 0.717) is 0 Å². The number of nitrogens with one attached hydrogen (secondary N) is 1. The second-order valence-corrected chi connectivity index (χ2v) is 9.66. The maximum Gasteiger partial charge on any atom is 0.330 e. The monoisotopic (exact) mass is 428 g/mol. The number of aryl methyl sites for hydroxylation is 1. The Labute approximate surface area is 154 Å². The van der Waals surface area contributed by atoms with Crippen molar-refractivity contribution in [2.45, 2.75) is 31.3 Å². The van der Waals surface area contributed by atoms with E-state index in [1.165, 1.54) is 13.1 Å². The minimum absolute atomic E-state index is 0.169. The second-order valence-electron chi connectivity index (χ2n) is 6.37. The fourth-order valence-electron chi connectivity index (χ4n) is 2.54. The van der Waals surface area contributed by atoms with Crippen LogP contribution in [0, 0.1) is 6.92 Å². The molecule has 2 rings (SSSR count). The van der Waals surface area contributed by atoms with Crippen LogP contribution in [0.1, 0.15) is 18.2 Å². The van der Waals surface area contributed by atoms with Crippen LogP contribution in [0.25, 0.3) is 0 Å². The number of aliphatic hydroxyl groups is 1. The third kappa shape index (κ3) is 5.70. The van der Waals surface area contributed by atoms with Gasteiger partial charge in [0.25, 0.3) is 25.8 Å². The molecule has 154 valence electrons. The molecule has 0 unspecified atom stereocenters. The van der Waals surface area contributed by atoms with Crippen LogP contribution in [0.4, 0.5) is 0 Å². The Morgan fingerprint density at radius 1 is 1.22 bits per heavy atom. The molecule has 1 aliphatic heterocycles. The first-order valence-electron chi connectivity index (χ1n) is 7.58. The summed E-state index contributed by atoms with van der Waals surface area (Å²) >= 11 is 0. The van der Waals surface area contributed by atoms with Gasteiger partial charge in [-0.05, 0) is 6.92 Å². The Balaban J connectivity index is 2.38. The van der Waals surface area contributed by atoms with Crippen molar-refractivity contribution in [3.8, 4) is 0 Å². The van der Waals surface area contributed by atoms with Crippen LogP contribution in [0.5, 0.6) is 0 Å². The Bertz CT molecular complexity index is 988. The normalized spacial score (nSPS) is 22.8. The van der Waals surface area contributed by atoms with Crippen molar-refractivity contribution in [2.75, 3.05) is 25.7 Å². The highest BCUT2D eigenvalue weighted by Gasteiger charge is 2.49. The van der Waals surface area contributed by atoms with Gasteiger partial charge in [-0.25, -0.2) is 4.79 Å². The van der Waals surface area contributed by atoms with E-state index in [1.807, 2.05) is 0 Å². The Kier molecular flexibility index (Phi) is 5.99. The van der Waals surface area contributed by atoms with Crippen molar-refractivity contribution in [3.05, 3.63) is 32.6 Å². The van der Waals surface area contributed by atoms with E-state index in [1.54, 1.807) is 0 Å². The van der Waals surface area contributed by atoms with Crippen LogP contribution >= 0.6 is 0 Å². The predicted molar refractivity (Wildman–Crippen MR) is 91.1 cm³/mol. The summed E-state index contributed by atoms with van der Waals surface area (Å²) in [5.41, 5.74) is -2.98. The Morgan fingerprint density at radius 2 is 1.74 bits per heavy atom. The first-order chi connectivity index (χ1) is 12.2. The first kappa shape index (κ1) is 21.7. The average Bonchev–Trinajstić information content (AvgIpc) is 2.83. The summed E-state index contributed by atoms with van der Waals surface area (Å²) < 4.78 is 61.2. The summed E-state index contributed by atoms with van der Waals surface area (Å²) in [6.07, 6.45) is -0.195. The Hall–Kier alpha value is -1.58. The van der Waals surface area contributed by atoms with Crippen molar-refractivity contribution in [1.82, 2.24) is 9.55 Å². The summed E-state index contributed by atoms with van der Waals surface area (Å²) in [5.74, 6) is 0. The van der Waals surface area contributed by atoms with Crippen molar-refractivity contribution < 1.29 is 35.0 Å². The molecule has 27 heavy (non-hydrogen) atoms. The molecular formula is C13H20N2O10S2. The quantitative estimate of drug-likeness (QED) is 0.455. The molecule has 0 spiro atoms. The zero-order chi connectivity index (χ0) is 20.6. The minimum Gasteiger partial charge on any atom is -0.388 e. The highest BCUT2D eigenvalue weighted by Crippen LogP contribution is 2.37. The van der Waals surface area contributed by atoms with Gasteiger partial charge in [0.15, 0.2) is 6.23 Å². The number of aliphatic hydroxyl groups excluding tert-OH is 1. The standard InChI is InChI=1S/C13H20N2O10S2/c1-8-5-15(12(18)14-10(8)17)11-9(16)4-13(25-11,6-23-26(2,19)20)7-24-27(3,21)22/h5,9,11,16H,4,6-7H2,1-3H3,(H,14,17,18)/t9-,11-/m1/s1. The fraction of sp³-hybridized carbons (Fsp3) is 0.692. The molecule has 12 nitrogen and oxygen atoms in total. The third-order valence-corrected chi connectivity index (χ3v) is 4.87. The molecule has 0 bridgehead atoms. The molecule has 1 aliphatic rings. The minimum atomic E-state index is -3.91. The molecule has 0 aromatic carbocycles. The highest BCUT2D eigenvalue weighted by molar-refractivity contribution is 7.86. The Morgan fingerprint density at radius 3 is 2.22 bits per heavy atom. The van der Waals surface area contributed by atoms with Gasteiger partial charge in [0, 0.05) is 18.2 Å². The molecule has 1 aromatic heterocycles. The molecule has 1 fully saturated rings. The number of aromatic amines is 1. The van der Waals surface area contributed by atoms with Gasteiger partial charge in [-0.3, -0.25) is 22.7 Å². The largest absolute Gasteiger partial charge is 0.388 e. The van der Waals surface area contributed by atoms with Crippen molar-refractivity contribution in [2.24, 2.45) is 0 Å². The van der Waals surface area contributed by atoms with Crippen LogP contribution in [0.3, 0.4) is 0 Å². The van der Waals surface area contributed by atoms with E-state index in [4.69, 9.17) is 13.1 Å². The molecule has 2 heterocycles. The van der Waals surface area contributed by atoms with E-state index in [2.05, 4.69) is 4.98 Å². The number of nitrogens with zero attached hydrogens (tertiary/aromatic N) is 1. The number of ether oxygens (including phenoxy) is 1. The van der Waals surface area contributed by atoms with Crippen molar-refractivity contribution >= 4 is 20.2 Å². The van der Waals surface area contributed by atoms with Crippen molar-refractivity contribution in [3.63, 3.8) is 0 Å². The lowest BCUT2D eigenvalue weighted by Crippen LogP contribution is -2.42.